The number of fused-ring (bicyclic) bond motifs is 1. The smallest absolute Gasteiger partial charge is 0.354 e. The third-order valence-electron chi connectivity index (χ3n) is 4.93. The summed E-state index contributed by atoms with van der Waals surface area (Å²) in [4.78, 5) is 29.8. The highest BCUT2D eigenvalue weighted by molar-refractivity contribution is 6.38. The summed E-state index contributed by atoms with van der Waals surface area (Å²) in [6.07, 6.45) is 3.49. The van der Waals surface area contributed by atoms with E-state index in [0.717, 1.165) is 11.0 Å². The molecule has 2 aromatic heterocycles. The normalized spacial score (nSPS) is 15.9. The minimum absolute atomic E-state index is 0.153. The molecule has 1 atom stereocenters. The molecule has 0 spiro atoms. The van der Waals surface area contributed by atoms with Gasteiger partial charge < -0.3 is 10.1 Å². The molecule has 0 radical (unpaired) electrons. The Labute approximate surface area is 179 Å². The number of ether oxygens (including phenoxy) is 1. The van der Waals surface area contributed by atoms with Crippen LogP contribution in [0.1, 0.15) is 33.2 Å². The molecule has 0 bridgehead atoms. The average Bonchev–Trinajstić information content (AvgIpc) is 3.39. The number of carbonyl (C=O) groups is 2. The Bertz CT molecular complexity index is 1140. The first-order valence-corrected chi connectivity index (χ1v) is 10.2. The number of nitrogens with zero attached hydrogens (tertiary/aromatic N) is 5. The van der Waals surface area contributed by atoms with E-state index in [1.165, 1.54) is 0 Å². The molecule has 0 saturated heterocycles. The fourth-order valence-electron chi connectivity index (χ4n) is 3.48. The lowest BCUT2D eigenvalue weighted by molar-refractivity contribution is -0.135. The van der Waals surface area contributed by atoms with E-state index in [4.69, 9.17) is 4.74 Å². The van der Waals surface area contributed by atoms with Crippen LogP contribution in [0.15, 0.2) is 53.9 Å². The second-order valence-corrected chi connectivity index (χ2v) is 7.48. The van der Waals surface area contributed by atoms with Gasteiger partial charge in [0, 0.05) is 17.8 Å². The van der Waals surface area contributed by atoms with Gasteiger partial charge in [0.05, 0.1) is 30.4 Å². The SMILES string of the molecule is CCOC(=O)C1=NN(c2ccccc2)C(C(=O)Nc2cnc3c(cnn3C(C)C)c2)C1. The Morgan fingerprint density at radius 2 is 2.00 bits per heavy atom. The number of esters is 1. The van der Waals surface area contributed by atoms with Crippen molar-refractivity contribution in [2.75, 3.05) is 16.9 Å². The summed E-state index contributed by atoms with van der Waals surface area (Å²) in [6.45, 7) is 6.04. The van der Waals surface area contributed by atoms with Crippen molar-refractivity contribution in [1.82, 2.24) is 14.8 Å². The topological polar surface area (TPSA) is 102 Å². The van der Waals surface area contributed by atoms with Gasteiger partial charge in [-0.05, 0) is 39.0 Å². The highest BCUT2D eigenvalue weighted by Crippen LogP contribution is 2.26. The quantitative estimate of drug-likeness (QED) is 0.615. The first kappa shape index (κ1) is 20.5. The molecule has 0 aliphatic carbocycles. The van der Waals surface area contributed by atoms with Crippen LogP contribution >= 0.6 is 0 Å². The second-order valence-electron chi connectivity index (χ2n) is 7.48. The number of benzene rings is 1. The summed E-state index contributed by atoms with van der Waals surface area (Å²) in [5.74, 6) is -0.799. The molecule has 4 rings (SSSR count). The van der Waals surface area contributed by atoms with Crippen LogP contribution in [0.4, 0.5) is 11.4 Å². The molecule has 1 aliphatic rings. The zero-order valence-corrected chi connectivity index (χ0v) is 17.6. The lowest BCUT2D eigenvalue weighted by Gasteiger charge is -2.22. The van der Waals surface area contributed by atoms with Crippen LogP contribution in [0.2, 0.25) is 0 Å². The summed E-state index contributed by atoms with van der Waals surface area (Å²) in [5, 5.41) is 14.0. The first-order chi connectivity index (χ1) is 15.0. The predicted octanol–water partition coefficient (Wildman–Crippen LogP) is 3.15. The minimum atomic E-state index is -0.684. The number of amides is 1. The lowest BCUT2D eigenvalue weighted by Crippen LogP contribution is -2.38. The summed E-state index contributed by atoms with van der Waals surface area (Å²) in [7, 11) is 0. The third kappa shape index (κ3) is 4.11. The number of pyridine rings is 1. The van der Waals surface area contributed by atoms with E-state index >= 15 is 0 Å². The molecule has 1 aliphatic heterocycles. The number of carbonyl (C=O) groups excluding carboxylic acids is 2. The van der Waals surface area contributed by atoms with Gasteiger partial charge in [-0.2, -0.15) is 10.2 Å². The highest BCUT2D eigenvalue weighted by atomic mass is 16.5. The van der Waals surface area contributed by atoms with Crippen molar-refractivity contribution < 1.29 is 14.3 Å². The van der Waals surface area contributed by atoms with Crippen LogP contribution in [0, 0.1) is 0 Å². The first-order valence-electron chi connectivity index (χ1n) is 10.2. The lowest BCUT2D eigenvalue weighted by atomic mass is 10.1. The van der Waals surface area contributed by atoms with Crippen LogP contribution in [0.25, 0.3) is 11.0 Å². The number of rotatable bonds is 6. The molecule has 0 fully saturated rings. The van der Waals surface area contributed by atoms with Crippen molar-refractivity contribution in [3.8, 4) is 0 Å². The monoisotopic (exact) mass is 420 g/mol. The Morgan fingerprint density at radius 1 is 1.23 bits per heavy atom. The van der Waals surface area contributed by atoms with Crippen LogP contribution in [-0.4, -0.2) is 45.0 Å². The van der Waals surface area contributed by atoms with Gasteiger partial charge in [0.15, 0.2) is 5.65 Å². The summed E-state index contributed by atoms with van der Waals surface area (Å²) < 4.78 is 6.91. The van der Waals surface area contributed by atoms with Gasteiger partial charge in [-0.25, -0.2) is 14.5 Å². The third-order valence-corrected chi connectivity index (χ3v) is 4.93. The maximum absolute atomic E-state index is 13.1. The van der Waals surface area contributed by atoms with Gasteiger partial charge in [0.1, 0.15) is 11.8 Å². The number of hydrazone groups is 1. The van der Waals surface area contributed by atoms with Crippen LogP contribution in [0.5, 0.6) is 0 Å². The zero-order chi connectivity index (χ0) is 22.0. The van der Waals surface area contributed by atoms with Gasteiger partial charge in [-0.3, -0.25) is 9.80 Å². The van der Waals surface area contributed by atoms with Crippen molar-refractivity contribution in [3.63, 3.8) is 0 Å². The van der Waals surface area contributed by atoms with Crippen molar-refractivity contribution in [3.05, 3.63) is 48.8 Å². The molecular formula is C22H24N6O3. The minimum Gasteiger partial charge on any atom is -0.461 e. The van der Waals surface area contributed by atoms with Gasteiger partial charge in [0.25, 0.3) is 0 Å². The summed E-state index contributed by atoms with van der Waals surface area (Å²) >= 11 is 0. The van der Waals surface area contributed by atoms with Crippen molar-refractivity contribution in [2.45, 2.75) is 39.3 Å². The molecular weight excluding hydrogens is 396 g/mol. The zero-order valence-electron chi connectivity index (χ0n) is 17.6. The number of hydrogen-bond donors (Lipinski definition) is 1. The standard InChI is InChI=1S/C22H24N6O3/c1-4-31-22(30)18-11-19(28(26-18)17-8-6-5-7-9-17)21(29)25-16-10-15-12-24-27(14(2)3)20(15)23-13-16/h5-10,12-14,19H,4,11H2,1-3H3,(H,25,29). The Kier molecular flexibility index (Phi) is 5.66. The molecule has 160 valence electrons. The fraction of sp³-hybridized carbons (Fsp3) is 0.318. The number of nitrogens with one attached hydrogen (secondary N) is 1. The largest absolute Gasteiger partial charge is 0.461 e. The van der Waals surface area contributed by atoms with E-state index in [1.807, 2.05) is 54.9 Å². The van der Waals surface area contributed by atoms with Crippen molar-refractivity contribution >= 4 is 40.0 Å². The van der Waals surface area contributed by atoms with E-state index < -0.39 is 12.0 Å². The highest BCUT2D eigenvalue weighted by Gasteiger charge is 2.37. The molecule has 0 saturated carbocycles. The van der Waals surface area contributed by atoms with E-state index in [1.54, 1.807) is 24.3 Å². The summed E-state index contributed by atoms with van der Waals surface area (Å²) in [6, 6.07) is 10.6. The Hall–Kier alpha value is -3.75. The Balaban J connectivity index is 1.57. The molecule has 9 nitrogen and oxygen atoms in total. The maximum Gasteiger partial charge on any atom is 0.354 e. The van der Waals surface area contributed by atoms with Crippen molar-refractivity contribution in [1.29, 1.82) is 0 Å². The number of aromatic nitrogens is 3. The van der Waals surface area contributed by atoms with Crippen molar-refractivity contribution in [2.24, 2.45) is 5.10 Å². The fourth-order valence-corrected chi connectivity index (χ4v) is 3.48. The summed E-state index contributed by atoms with van der Waals surface area (Å²) in [5.41, 5.74) is 2.25. The van der Waals surface area contributed by atoms with E-state index in [9.17, 15) is 9.59 Å². The van der Waals surface area contributed by atoms with Gasteiger partial charge >= 0.3 is 5.97 Å². The molecule has 1 N–H and O–H groups in total. The van der Waals surface area contributed by atoms with Crippen LogP contribution in [0.3, 0.4) is 0 Å². The molecule has 31 heavy (non-hydrogen) atoms. The van der Waals surface area contributed by atoms with Gasteiger partial charge in [0.2, 0.25) is 5.91 Å². The maximum atomic E-state index is 13.1. The number of anilines is 2. The number of para-hydroxylation sites is 1. The van der Waals surface area contributed by atoms with E-state index in [-0.39, 0.29) is 30.7 Å². The van der Waals surface area contributed by atoms with Crippen LogP contribution < -0.4 is 10.3 Å². The van der Waals surface area contributed by atoms with Crippen LogP contribution in [-0.2, 0) is 14.3 Å². The average molecular weight is 420 g/mol. The molecule has 9 heteroatoms. The molecule has 1 unspecified atom stereocenters. The Morgan fingerprint density at radius 3 is 2.71 bits per heavy atom. The predicted molar refractivity (Wildman–Crippen MR) is 118 cm³/mol. The molecule has 1 amide bonds. The number of hydrogen-bond acceptors (Lipinski definition) is 7. The second kappa shape index (κ2) is 8.55. The van der Waals surface area contributed by atoms with Gasteiger partial charge in [-0.1, -0.05) is 18.2 Å². The molecule has 1 aromatic carbocycles. The van der Waals surface area contributed by atoms with E-state index in [0.29, 0.717) is 11.4 Å². The van der Waals surface area contributed by atoms with Gasteiger partial charge in [-0.15, -0.1) is 0 Å². The molecule has 3 aromatic rings. The molecule has 3 heterocycles. The van der Waals surface area contributed by atoms with E-state index in [2.05, 4.69) is 20.5 Å².